The predicted octanol–water partition coefficient (Wildman–Crippen LogP) is 1.44. The summed E-state index contributed by atoms with van der Waals surface area (Å²) in [5, 5.41) is 9.84. The van der Waals surface area contributed by atoms with Crippen LogP contribution in [0.4, 0.5) is 0 Å². The molecular weight excluding hydrogens is 140 g/mol. The second-order valence-corrected chi connectivity index (χ2v) is 3.05. The van der Waals surface area contributed by atoms with E-state index in [2.05, 4.69) is 0 Å². The van der Waals surface area contributed by atoms with E-state index in [-0.39, 0.29) is 12.2 Å². The molecule has 0 saturated carbocycles. The molecule has 62 valence electrons. The van der Waals surface area contributed by atoms with E-state index in [1.54, 1.807) is 6.08 Å². The lowest BCUT2D eigenvalue weighted by Gasteiger charge is -2.22. The van der Waals surface area contributed by atoms with Gasteiger partial charge in [0.25, 0.3) is 0 Å². The van der Waals surface area contributed by atoms with Crippen molar-refractivity contribution in [1.82, 2.24) is 0 Å². The Bertz CT molecular complexity index is 206. The Morgan fingerprint density at radius 2 is 2.27 bits per heavy atom. The number of carbonyl (C=O) groups is 1. The van der Waals surface area contributed by atoms with Crippen molar-refractivity contribution in [2.75, 3.05) is 0 Å². The van der Waals surface area contributed by atoms with Crippen LogP contribution in [0.3, 0.4) is 0 Å². The summed E-state index contributed by atoms with van der Waals surface area (Å²) in [6.45, 7) is 3.87. The highest BCUT2D eigenvalue weighted by Gasteiger charge is 2.35. The summed E-state index contributed by atoms with van der Waals surface area (Å²) in [6.07, 6.45) is 3.28. The number of ketones is 1. The van der Waals surface area contributed by atoms with Gasteiger partial charge < -0.3 is 5.11 Å². The van der Waals surface area contributed by atoms with Crippen LogP contribution in [-0.4, -0.2) is 16.5 Å². The molecule has 1 unspecified atom stereocenters. The number of carbonyl (C=O) groups excluding carboxylic acids is 1. The van der Waals surface area contributed by atoms with E-state index in [1.807, 2.05) is 13.8 Å². The number of hydrogen-bond donors (Lipinski definition) is 1. The van der Waals surface area contributed by atoms with Crippen LogP contribution in [0.25, 0.3) is 0 Å². The van der Waals surface area contributed by atoms with Gasteiger partial charge in [-0.1, -0.05) is 13.8 Å². The lowest BCUT2D eigenvalue weighted by atomic mass is 9.91. The highest BCUT2D eigenvalue weighted by molar-refractivity contribution is 5.94. The molecule has 2 nitrogen and oxygen atoms in total. The fourth-order valence-corrected chi connectivity index (χ4v) is 1.56. The molecule has 1 rings (SSSR count). The Kier molecular flexibility index (Phi) is 2.14. The van der Waals surface area contributed by atoms with Crippen molar-refractivity contribution in [1.29, 1.82) is 0 Å². The van der Waals surface area contributed by atoms with Gasteiger partial charge >= 0.3 is 0 Å². The minimum absolute atomic E-state index is 0.0613. The van der Waals surface area contributed by atoms with Gasteiger partial charge in [-0.15, -0.1) is 0 Å². The van der Waals surface area contributed by atoms with Crippen LogP contribution in [0.2, 0.25) is 0 Å². The first-order valence-corrected chi connectivity index (χ1v) is 4.08. The predicted molar refractivity (Wildman–Crippen MR) is 43.2 cm³/mol. The summed E-state index contributed by atoms with van der Waals surface area (Å²) < 4.78 is 0. The molecule has 2 heteroatoms. The van der Waals surface area contributed by atoms with E-state index in [1.165, 1.54) is 0 Å². The van der Waals surface area contributed by atoms with Crippen LogP contribution in [0, 0.1) is 0 Å². The van der Waals surface area contributed by atoms with Crippen LogP contribution < -0.4 is 0 Å². The van der Waals surface area contributed by atoms with Gasteiger partial charge in [-0.2, -0.15) is 0 Å². The van der Waals surface area contributed by atoms with Gasteiger partial charge in [0.2, 0.25) is 0 Å². The van der Waals surface area contributed by atoms with Gasteiger partial charge in [0.15, 0.2) is 5.78 Å². The molecule has 0 aromatic carbocycles. The fraction of sp³-hybridized carbons (Fsp3) is 0.667. The van der Waals surface area contributed by atoms with E-state index in [0.29, 0.717) is 6.42 Å². The van der Waals surface area contributed by atoms with Crippen LogP contribution in [0.1, 0.15) is 33.1 Å². The smallest absolute Gasteiger partial charge is 0.158 e. The molecule has 1 aliphatic rings. The highest BCUT2D eigenvalue weighted by atomic mass is 16.3. The summed E-state index contributed by atoms with van der Waals surface area (Å²) in [6, 6.07) is 0. The zero-order valence-electron chi connectivity index (χ0n) is 7.05. The van der Waals surface area contributed by atoms with Gasteiger partial charge in [-0.3, -0.25) is 4.79 Å². The van der Waals surface area contributed by atoms with E-state index in [4.69, 9.17) is 0 Å². The average molecular weight is 154 g/mol. The van der Waals surface area contributed by atoms with Crippen LogP contribution in [0.5, 0.6) is 0 Å². The summed E-state index contributed by atoms with van der Waals surface area (Å²) in [4.78, 5) is 11.0. The number of allylic oxidation sites excluding steroid dienone is 1. The molecule has 11 heavy (non-hydrogen) atoms. The summed E-state index contributed by atoms with van der Waals surface area (Å²) in [5.74, 6) is 0.0613. The third-order valence-corrected chi connectivity index (χ3v) is 2.37. The molecule has 0 fully saturated rings. The SMILES string of the molecule is CCC1=CC(=O)CC1(O)CC. The van der Waals surface area contributed by atoms with E-state index in [9.17, 15) is 9.90 Å². The van der Waals surface area contributed by atoms with Gasteiger partial charge in [0, 0.05) is 6.42 Å². The van der Waals surface area contributed by atoms with Crippen molar-refractivity contribution in [3.63, 3.8) is 0 Å². The third-order valence-electron chi connectivity index (χ3n) is 2.37. The Labute approximate surface area is 66.9 Å². The minimum Gasteiger partial charge on any atom is -0.385 e. The first-order chi connectivity index (χ1) is 5.12. The molecule has 0 bridgehead atoms. The normalized spacial score (nSPS) is 30.8. The minimum atomic E-state index is -0.814. The van der Waals surface area contributed by atoms with Crippen molar-refractivity contribution >= 4 is 5.78 Å². The fourth-order valence-electron chi connectivity index (χ4n) is 1.56. The molecule has 0 heterocycles. The summed E-state index contributed by atoms with van der Waals surface area (Å²) in [7, 11) is 0. The summed E-state index contributed by atoms with van der Waals surface area (Å²) in [5.41, 5.74) is 0.0799. The molecule has 0 radical (unpaired) electrons. The molecule has 0 spiro atoms. The zero-order valence-corrected chi connectivity index (χ0v) is 7.05. The maximum Gasteiger partial charge on any atom is 0.158 e. The van der Waals surface area contributed by atoms with Crippen molar-refractivity contribution in [3.8, 4) is 0 Å². The van der Waals surface area contributed by atoms with E-state index >= 15 is 0 Å². The Morgan fingerprint density at radius 1 is 1.64 bits per heavy atom. The first-order valence-electron chi connectivity index (χ1n) is 4.08. The van der Waals surface area contributed by atoms with Crippen molar-refractivity contribution in [2.24, 2.45) is 0 Å². The molecule has 1 N–H and O–H groups in total. The Morgan fingerprint density at radius 3 is 2.64 bits per heavy atom. The van der Waals surface area contributed by atoms with Crippen LogP contribution in [0.15, 0.2) is 11.6 Å². The lowest BCUT2D eigenvalue weighted by Crippen LogP contribution is -2.27. The van der Waals surface area contributed by atoms with Gasteiger partial charge in [-0.25, -0.2) is 0 Å². The van der Waals surface area contributed by atoms with E-state index in [0.717, 1.165) is 12.0 Å². The largest absolute Gasteiger partial charge is 0.385 e. The van der Waals surface area contributed by atoms with Crippen molar-refractivity contribution < 1.29 is 9.90 Å². The average Bonchev–Trinajstić information content (AvgIpc) is 2.27. The molecule has 0 amide bonds. The van der Waals surface area contributed by atoms with Gasteiger partial charge in [-0.05, 0) is 24.5 Å². The maximum atomic E-state index is 11.0. The quantitative estimate of drug-likeness (QED) is 0.653. The van der Waals surface area contributed by atoms with Crippen LogP contribution >= 0.6 is 0 Å². The number of rotatable bonds is 2. The summed E-state index contributed by atoms with van der Waals surface area (Å²) >= 11 is 0. The molecule has 1 atom stereocenters. The van der Waals surface area contributed by atoms with Crippen molar-refractivity contribution in [2.45, 2.75) is 38.7 Å². The first kappa shape index (κ1) is 8.47. The lowest BCUT2D eigenvalue weighted by molar-refractivity contribution is -0.116. The number of hydrogen-bond acceptors (Lipinski definition) is 2. The van der Waals surface area contributed by atoms with E-state index < -0.39 is 5.60 Å². The standard InChI is InChI=1S/C9H14O2/c1-3-7-5-8(10)6-9(7,11)4-2/h5,11H,3-4,6H2,1-2H3. The highest BCUT2D eigenvalue weighted by Crippen LogP contribution is 2.32. The molecule has 0 saturated heterocycles. The third kappa shape index (κ3) is 1.36. The Hall–Kier alpha value is -0.630. The topological polar surface area (TPSA) is 37.3 Å². The Balaban J connectivity index is 2.86. The second kappa shape index (κ2) is 2.78. The molecular formula is C9H14O2. The van der Waals surface area contributed by atoms with Gasteiger partial charge in [0.05, 0.1) is 5.60 Å². The maximum absolute atomic E-state index is 11.0. The molecule has 0 aromatic rings. The zero-order chi connectivity index (χ0) is 8.48. The monoisotopic (exact) mass is 154 g/mol. The molecule has 1 aliphatic carbocycles. The van der Waals surface area contributed by atoms with Crippen molar-refractivity contribution in [3.05, 3.63) is 11.6 Å². The van der Waals surface area contributed by atoms with Crippen LogP contribution in [-0.2, 0) is 4.79 Å². The number of aliphatic hydroxyl groups is 1. The van der Waals surface area contributed by atoms with Gasteiger partial charge in [0.1, 0.15) is 0 Å². The molecule has 0 aromatic heterocycles. The second-order valence-electron chi connectivity index (χ2n) is 3.05. The molecule has 0 aliphatic heterocycles.